The van der Waals surface area contributed by atoms with Gasteiger partial charge in [-0.05, 0) is 56.7 Å². The fourth-order valence-corrected chi connectivity index (χ4v) is 11.1. The van der Waals surface area contributed by atoms with Crippen LogP contribution in [-0.2, 0) is 4.43 Å². The molecule has 5 heteroatoms. The van der Waals surface area contributed by atoms with Crippen LogP contribution in [0, 0.1) is 11.5 Å². The third-order valence-corrected chi connectivity index (χ3v) is 11.6. The zero-order chi connectivity index (χ0) is 21.6. The SMILES string of the molecule is CCC(C)(C#C[Si](C)(C)CC[Si](C)(C)/C=C/c1ccc(Cl)cc1)O[Si](C)(C)C. The average Bonchev–Trinajstić information content (AvgIpc) is 2.57. The van der Waals surface area contributed by atoms with Gasteiger partial charge in [0.2, 0.25) is 0 Å². The Morgan fingerprint density at radius 2 is 1.57 bits per heavy atom. The van der Waals surface area contributed by atoms with E-state index in [1.807, 2.05) is 12.1 Å². The van der Waals surface area contributed by atoms with Crippen molar-refractivity contribution in [2.24, 2.45) is 0 Å². The number of halogens is 1. The molecule has 0 aliphatic heterocycles. The summed E-state index contributed by atoms with van der Waals surface area (Å²) in [5.41, 5.74) is 7.08. The van der Waals surface area contributed by atoms with Crippen LogP contribution in [0.3, 0.4) is 0 Å². The lowest BCUT2D eigenvalue weighted by Gasteiger charge is -2.32. The maximum atomic E-state index is 6.39. The second-order valence-corrected chi connectivity index (χ2v) is 24.5. The van der Waals surface area contributed by atoms with E-state index >= 15 is 0 Å². The molecule has 0 N–H and O–H groups in total. The molecule has 0 saturated carbocycles. The Morgan fingerprint density at radius 1 is 1.00 bits per heavy atom. The summed E-state index contributed by atoms with van der Waals surface area (Å²) in [7, 11) is -4.58. The largest absolute Gasteiger partial charge is 0.402 e. The molecule has 0 radical (unpaired) electrons. The third kappa shape index (κ3) is 10.3. The molecule has 0 aromatic heterocycles. The van der Waals surface area contributed by atoms with Crippen molar-refractivity contribution in [1.82, 2.24) is 0 Å². The molecule has 0 fully saturated rings. The van der Waals surface area contributed by atoms with Gasteiger partial charge in [0.05, 0.1) is 8.07 Å². The van der Waals surface area contributed by atoms with E-state index in [4.69, 9.17) is 16.0 Å². The topological polar surface area (TPSA) is 9.23 Å². The molecule has 1 aromatic rings. The highest BCUT2D eigenvalue weighted by Gasteiger charge is 2.30. The molecule has 0 bridgehead atoms. The van der Waals surface area contributed by atoms with Crippen LogP contribution in [0.25, 0.3) is 6.08 Å². The van der Waals surface area contributed by atoms with Gasteiger partial charge in [-0.3, -0.25) is 0 Å². The van der Waals surface area contributed by atoms with Crippen LogP contribution in [0.5, 0.6) is 0 Å². The van der Waals surface area contributed by atoms with Crippen molar-refractivity contribution in [2.45, 2.75) is 83.8 Å². The Balaban J connectivity index is 2.77. The molecule has 0 spiro atoms. The minimum absolute atomic E-state index is 0.295. The lowest BCUT2D eigenvalue weighted by molar-refractivity contribution is 0.138. The van der Waals surface area contributed by atoms with Crippen LogP contribution in [0.4, 0.5) is 0 Å². The van der Waals surface area contributed by atoms with E-state index in [2.05, 4.69) is 95.0 Å². The zero-order valence-electron chi connectivity index (χ0n) is 19.4. The predicted octanol–water partition coefficient (Wildman–Crippen LogP) is 7.87. The normalized spacial score (nSPS) is 15.2. The highest BCUT2D eigenvalue weighted by atomic mass is 35.5. The second-order valence-electron chi connectivity index (χ2n) is 10.3. The van der Waals surface area contributed by atoms with Crippen molar-refractivity contribution in [1.29, 1.82) is 0 Å². The molecule has 156 valence electrons. The number of hydrogen-bond donors (Lipinski definition) is 0. The van der Waals surface area contributed by atoms with E-state index in [0.717, 1.165) is 11.4 Å². The van der Waals surface area contributed by atoms with Gasteiger partial charge < -0.3 is 4.43 Å². The Hall–Kier alpha value is -0.579. The van der Waals surface area contributed by atoms with Crippen molar-refractivity contribution in [3.63, 3.8) is 0 Å². The second kappa shape index (κ2) is 9.95. The van der Waals surface area contributed by atoms with Crippen molar-refractivity contribution < 1.29 is 4.43 Å². The van der Waals surface area contributed by atoms with E-state index in [1.54, 1.807) is 0 Å². The fourth-order valence-electron chi connectivity index (χ4n) is 2.84. The summed E-state index contributed by atoms with van der Waals surface area (Å²) < 4.78 is 6.39. The van der Waals surface area contributed by atoms with E-state index in [0.29, 0.717) is 0 Å². The van der Waals surface area contributed by atoms with Gasteiger partial charge in [0, 0.05) is 5.02 Å². The van der Waals surface area contributed by atoms with E-state index in [1.165, 1.54) is 17.7 Å². The maximum Gasteiger partial charge on any atom is 0.185 e. The summed E-state index contributed by atoms with van der Waals surface area (Å²) in [6.07, 6.45) is 3.21. The molecule has 0 saturated heterocycles. The number of benzene rings is 1. The summed E-state index contributed by atoms with van der Waals surface area (Å²) in [6, 6.07) is 10.6. The minimum atomic E-state index is -1.60. The van der Waals surface area contributed by atoms with Gasteiger partial charge in [-0.2, -0.15) is 0 Å². The Morgan fingerprint density at radius 3 is 2.07 bits per heavy atom. The maximum absolute atomic E-state index is 6.39. The van der Waals surface area contributed by atoms with Crippen molar-refractivity contribution in [3.8, 4) is 11.5 Å². The van der Waals surface area contributed by atoms with Crippen molar-refractivity contribution in [3.05, 3.63) is 40.6 Å². The quantitative estimate of drug-likeness (QED) is 0.289. The number of hydrogen-bond acceptors (Lipinski definition) is 1. The van der Waals surface area contributed by atoms with Gasteiger partial charge in [0.1, 0.15) is 13.7 Å². The monoisotopic (exact) mass is 450 g/mol. The standard InChI is InChI=1S/C23H39ClOSi3/c1-10-23(2,25-26(3,4)5)16-18-28(8,9)20-19-27(6,7)17-15-21-11-13-22(24)14-12-21/h11-15,17H,10,19-20H2,1-9H3/b17-15+. The molecule has 1 rings (SSSR count). The van der Waals surface area contributed by atoms with Crippen LogP contribution in [0.15, 0.2) is 30.0 Å². The average molecular weight is 451 g/mol. The molecule has 0 amide bonds. The Kier molecular flexibility index (Phi) is 9.05. The van der Waals surface area contributed by atoms with Crippen LogP contribution >= 0.6 is 11.6 Å². The predicted molar refractivity (Wildman–Crippen MR) is 136 cm³/mol. The summed E-state index contributed by atoms with van der Waals surface area (Å²) in [4.78, 5) is 0. The zero-order valence-corrected chi connectivity index (χ0v) is 23.1. The van der Waals surface area contributed by atoms with Gasteiger partial charge in [0.25, 0.3) is 0 Å². The van der Waals surface area contributed by atoms with Crippen LogP contribution in [0.1, 0.15) is 25.8 Å². The molecule has 0 heterocycles. The van der Waals surface area contributed by atoms with Gasteiger partial charge in [-0.15, -0.1) is 5.54 Å². The number of rotatable bonds is 8. The van der Waals surface area contributed by atoms with Crippen LogP contribution < -0.4 is 0 Å². The molecular weight excluding hydrogens is 412 g/mol. The fraction of sp³-hybridized carbons (Fsp3) is 0.565. The molecule has 1 atom stereocenters. The van der Waals surface area contributed by atoms with Crippen molar-refractivity contribution >= 4 is 42.1 Å². The minimum Gasteiger partial charge on any atom is -0.402 e. The van der Waals surface area contributed by atoms with Gasteiger partial charge in [-0.25, -0.2) is 0 Å². The smallest absolute Gasteiger partial charge is 0.185 e. The first-order valence-corrected chi connectivity index (χ1v) is 20.6. The third-order valence-electron chi connectivity index (χ3n) is 4.86. The van der Waals surface area contributed by atoms with Gasteiger partial charge in [0.15, 0.2) is 8.32 Å². The van der Waals surface area contributed by atoms with Gasteiger partial charge in [-0.1, -0.05) is 80.6 Å². The lowest BCUT2D eigenvalue weighted by Crippen LogP contribution is -2.40. The van der Waals surface area contributed by atoms with E-state index in [9.17, 15) is 0 Å². The van der Waals surface area contributed by atoms with Crippen LogP contribution in [0.2, 0.25) is 62.9 Å². The van der Waals surface area contributed by atoms with Crippen molar-refractivity contribution in [2.75, 3.05) is 0 Å². The first kappa shape index (κ1) is 25.5. The lowest BCUT2D eigenvalue weighted by atomic mass is 10.1. The van der Waals surface area contributed by atoms with E-state index < -0.39 is 24.5 Å². The highest BCUT2D eigenvalue weighted by molar-refractivity contribution is 6.89. The highest BCUT2D eigenvalue weighted by Crippen LogP contribution is 2.24. The molecular formula is C23H39ClOSi3. The molecule has 1 nitrogen and oxygen atoms in total. The van der Waals surface area contributed by atoms with E-state index in [-0.39, 0.29) is 5.60 Å². The molecule has 1 unspecified atom stereocenters. The van der Waals surface area contributed by atoms with Gasteiger partial charge >= 0.3 is 0 Å². The Bertz CT molecular complexity index is 721. The summed E-state index contributed by atoms with van der Waals surface area (Å²) in [5.74, 6) is 3.55. The molecule has 1 aromatic carbocycles. The molecule has 28 heavy (non-hydrogen) atoms. The first-order chi connectivity index (χ1) is 12.7. The summed E-state index contributed by atoms with van der Waals surface area (Å²) in [6.45, 7) is 20.8. The molecule has 0 aliphatic rings. The summed E-state index contributed by atoms with van der Waals surface area (Å²) in [5, 5.41) is 0.789. The first-order valence-electron chi connectivity index (χ1n) is 10.3. The van der Waals surface area contributed by atoms with Crippen LogP contribution in [-0.4, -0.2) is 30.1 Å². The molecule has 0 aliphatic carbocycles. The summed E-state index contributed by atoms with van der Waals surface area (Å²) >= 11 is 5.98. The Labute approximate surface area is 182 Å².